The van der Waals surface area contributed by atoms with Gasteiger partial charge in [-0.1, -0.05) is 79.2 Å². The maximum absolute atomic E-state index is 2.38. The van der Waals surface area contributed by atoms with Gasteiger partial charge < -0.3 is 0 Å². The summed E-state index contributed by atoms with van der Waals surface area (Å²) in [6, 6.07) is 0. The summed E-state index contributed by atoms with van der Waals surface area (Å²) in [4.78, 5) is 0. The zero-order chi connectivity index (χ0) is 15.2. The molecule has 0 spiro atoms. The molecule has 0 aromatic heterocycles. The normalized spacial score (nSPS) is 20.3. The zero-order valence-corrected chi connectivity index (χ0v) is 14.7. The van der Waals surface area contributed by atoms with E-state index in [0.717, 1.165) is 0 Å². The largest absolute Gasteiger partial charge is 0.0910 e. The molecule has 18 heavy (non-hydrogen) atoms. The van der Waals surface area contributed by atoms with Crippen molar-refractivity contribution >= 4 is 0 Å². The average molecular weight is 255 g/mol. The smallest absolute Gasteiger partial charge is 0.00252 e. The molecule has 0 heteroatoms. The summed E-state index contributed by atoms with van der Waals surface area (Å²) in [7, 11) is 0. The van der Waals surface area contributed by atoms with Crippen LogP contribution in [0.5, 0.6) is 0 Å². The fraction of sp³-hybridized carbons (Fsp3) is 0.778. The molecule has 1 aliphatic carbocycles. The molecule has 0 nitrogen and oxygen atoms in total. The van der Waals surface area contributed by atoms with E-state index in [1.54, 1.807) is 5.57 Å². The SMILES string of the molecule is C/C=C/C1C(C)=CCCC1(C)C.CC.CC.CC. The first-order valence-corrected chi connectivity index (χ1v) is 7.87. The lowest BCUT2D eigenvalue weighted by Gasteiger charge is -2.36. The zero-order valence-electron chi connectivity index (χ0n) is 14.7. The molecule has 1 unspecified atom stereocenters. The molecule has 1 rings (SSSR count). The van der Waals surface area contributed by atoms with Crippen molar-refractivity contribution in [3.8, 4) is 0 Å². The maximum Gasteiger partial charge on any atom is 0.00252 e. The highest BCUT2D eigenvalue weighted by Crippen LogP contribution is 2.41. The van der Waals surface area contributed by atoms with E-state index in [2.05, 4.69) is 45.9 Å². The highest BCUT2D eigenvalue weighted by Gasteiger charge is 2.30. The van der Waals surface area contributed by atoms with Gasteiger partial charge in [0.2, 0.25) is 0 Å². The Labute approximate surface area is 118 Å². The van der Waals surface area contributed by atoms with E-state index in [4.69, 9.17) is 0 Å². The second-order valence-electron chi connectivity index (χ2n) is 4.48. The molecule has 0 heterocycles. The minimum Gasteiger partial charge on any atom is -0.0910 e. The monoisotopic (exact) mass is 254 g/mol. The van der Waals surface area contributed by atoms with E-state index in [-0.39, 0.29) is 0 Å². The molecule has 0 radical (unpaired) electrons. The summed E-state index contributed by atoms with van der Waals surface area (Å²) < 4.78 is 0. The summed E-state index contributed by atoms with van der Waals surface area (Å²) in [5.41, 5.74) is 2.01. The first-order chi connectivity index (χ1) is 8.58. The molecule has 0 bridgehead atoms. The Kier molecular flexibility index (Phi) is 18.3. The van der Waals surface area contributed by atoms with Gasteiger partial charge in [0.1, 0.15) is 0 Å². The molecular formula is C18H38. The van der Waals surface area contributed by atoms with Crippen molar-refractivity contribution in [2.75, 3.05) is 0 Å². The van der Waals surface area contributed by atoms with Crippen LogP contribution < -0.4 is 0 Å². The van der Waals surface area contributed by atoms with Crippen LogP contribution in [0.1, 0.15) is 82.1 Å². The first kappa shape index (κ1) is 22.6. The van der Waals surface area contributed by atoms with E-state index in [1.165, 1.54) is 12.8 Å². The van der Waals surface area contributed by atoms with Gasteiger partial charge in [0.25, 0.3) is 0 Å². The van der Waals surface area contributed by atoms with E-state index in [0.29, 0.717) is 11.3 Å². The number of hydrogen-bond donors (Lipinski definition) is 0. The predicted molar refractivity (Wildman–Crippen MR) is 89.1 cm³/mol. The molecule has 0 saturated carbocycles. The van der Waals surface area contributed by atoms with Gasteiger partial charge in [0.05, 0.1) is 0 Å². The third-order valence-electron chi connectivity index (χ3n) is 2.97. The molecule has 1 atom stereocenters. The van der Waals surface area contributed by atoms with Crippen LogP contribution in [0.2, 0.25) is 0 Å². The van der Waals surface area contributed by atoms with E-state index < -0.39 is 0 Å². The van der Waals surface area contributed by atoms with Gasteiger partial charge in [0, 0.05) is 5.92 Å². The second kappa shape index (κ2) is 14.5. The number of allylic oxidation sites excluding steroid dienone is 4. The van der Waals surface area contributed by atoms with Crippen molar-refractivity contribution in [2.45, 2.75) is 82.1 Å². The molecule has 0 aromatic carbocycles. The van der Waals surface area contributed by atoms with Gasteiger partial charge in [0.15, 0.2) is 0 Å². The van der Waals surface area contributed by atoms with Gasteiger partial charge in [-0.25, -0.2) is 0 Å². The topological polar surface area (TPSA) is 0 Å². The summed E-state index contributed by atoms with van der Waals surface area (Å²) in [5.74, 6) is 0.663. The lowest BCUT2D eigenvalue weighted by molar-refractivity contribution is 0.255. The van der Waals surface area contributed by atoms with Gasteiger partial charge in [-0.05, 0) is 32.1 Å². The lowest BCUT2D eigenvalue weighted by Crippen LogP contribution is -2.26. The molecule has 0 N–H and O–H groups in total. The van der Waals surface area contributed by atoms with E-state index in [9.17, 15) is 0 Å². The quantitative estimate of drug-likeness (QED) is 0.441. The van der Waals surface area contributed by atoms with Crippen LogP contribution in [-0.2, 0) is 0 Å². The van der Waals surface area contributed by atoms with E-state index >= 15 is 0 Å². The lowest BCUT2D eigenvalue weighted by atomic mass is 9.69. The molecular weight excluding hydrogens is 216 g/mol. The second-order valence-corrected chi connectivity index (χ2v) is 4.48. The minimum atomic E-state index is 0.464. The summed E-state index contributed by atoms with van der Waals surface area (Å²) in [6.45, 7) is 21.1. The van der Waals surface area contributed by atoms with Crippen LogP contribution in [0.3, 0.4) is 0 Å². The molecule has 0 aliphatic heterocycles. The molecule has 110 valence electrons. The van der Waals surface area contributed by atoms with Crippen LogP contribution in [0.4, 0.5) is 0 Å². The first-order valence-electron chi connectivity index (χ1n) is 7.87. The maximum atomic E-state index is 2.38. The molecule has 0 fully saturated rings. The number of hydrogen-bond acceptors (Lipinski definition) is 0. The third-order valence-corrected chi connectivity index (χ3v) is 2.97. The van der Waals surface area contributed by atoms with Crippen LogP contribution in [0, 0.1) is 11.3 Å². The van der Waals surface area contributed by atoms with Crippen LogP contribution in [0.25, 0.3) is 0 Å². The fourth-order valence-electron chi connectivity index (χ4n) is 2.18. The Morgan fingerprint density at radius 2 is 1.50 bits per heavy atom. The molecule has 0 saturated heterocycles. The van der Waals surface area contributed by atoms with Crippen LogP contribution in [-0.4, -0.2) is 0 Å². The Hall–Kier alpha value is -0.520. The van der Waals surface area contributed by atoms with Crippen molar-refractivity contribution in [2.24, 2.45) is 11.3 Å². The Bertz CT molecular complexity index is 206. The van der Waals surface area contributed by atoms with Crippen molar-refractivity contribution < 1.29 is 0 Å². The van der Waals surface area contributed by atoms with Gasteiger partial charge in [-0.15, -0.1) is 0 Å². The van der Waals surface area contributed by atoms with Crippen molar-refractivity contribution in [3.63, 3.8) is 0 Å². The third kappa shape index (κ3) is 8.55. The Morgan fingerprint density at radius 3 is 1.83 bits per heavy atom. The summed E-state index contributed by atoms with van der Waals surface area (Å²) >= 11 is 0. The molecule has 0 aromatic rings. The number of rotatable bonds is 1. The van der Waals surface area contributed by atoms with Gasteiger partial charge in [-0.3, -0.25) is 0 Å². The average Bonchev–Trinajstić information content (AvgIpc) is 2.41. The van der Waals surface area contributed by atoms with Crippen LogP contribution in [0.15, 0.2) is 23.8 Å². The Morgan fingerprint density at radius 1 is 1.06 bits per heavy atom. The molecule has 0 amide bonds. The highest BCUT2D eigenvalue weighted by atomic mass is 14.3. The van der Waals surface area contributed by atoms with Crippen molar-refractivity contribution in [3.05, 3.63) is 23.8 Å². The van der Waals surface area contributed by atoms with Crippen molar-refractivity contribution in [1.29, 1.82) is 0 Å². The van der Waals surface area contributed by atoms with Crippen molar-refractivity contribution in [1.82, 2.24) is 0 Å². The standard InChI is InChI=1S/C12H20.3C2H6/c1-5-7-11-10(2)8-6-9-12(11,3)4;3*1-2/h5,7-8,11H,6,9H2,1-4H3;3*1-2H3/b7-5+;;;. The summed E-state index contributed by atoms with van der Waals surface area (Å²) in [6.07, 6.45) is 9.47. The predicted octanol–water partition coefficient (Wildman–Crippen LogP) is 7.02. The van der Waals surface area contributed by atoms with Gasteiger partial charge in [-0.2, -0.15) is 0 Å². The molecule has 1 aliphatic rings. The van der Waals surface area contributed by atoms with Gasteiger partial charge >= 0.3 is 0 Å². The minimum absolute atomic E-state index is 0.464. The highest BCUT2D eigenvalue weighted by molar-refractivity contribution is 5.18. The van der Waals surface area contributed by atoms with E-state index in [1.807, 2.05) is 41.5 Å². The van der Waals surface area contributed by atoms with Crippen LogP contribution >= 0.6 is 0 Å². The fourth-order valence-corrected chi connectivity index (χ4v) is 2.18. The summed E-state index contributed by atoms with van der Waals surface area (Å²) in [5, 5.41) is 0. The Balaban J connectivity index is -0.000000328.